The third-order valence-corrected chi connectivity index (χ3v) is 14.8. The molecule has 0 unspecified atom stereocenters. The van der Waals surface area contributed by atoms with Crippen LogP contribution in [0.4, 0.5) is 17.1 Å². The van der Waals surface area contributed by atoms with E-state index in [0.717, 1.165) is 23.7 Å². The zero-order valence-corrected chi connectivity index (χ0v) is 30.0. The quantitative estimate of drug-likeness (QED) is 0.178. The maximum atomic E-state index is 2.62. The van der Waals surface area contributed by atoms with Crippen LogP contribution in [0.5, 0.6) is 0 Å². The second-order valence-corrected chi connectivity index (χ2v) is 17.2. The zero-order valence-electron chi connectivity index (χ0n) is 29.1. The van der Waals surface area contributed by atoms with Gasteiger partial charge in [-0.25, -0.2) is 0 Å². The molecule has 0 radical (unpaired) electrons. The lowest BCUT2D eigenvalue weighted by Gasteiger charge is -2.61. The molecule has 1 aromatic heterocycles. The number of fused-ring (bicyclic) bond motifs is 7. The van der Waals surface area contributed by atoms with E-state index in [1.165, 1.54) is 102 Å². The van der Waals surface area contributed by atoms with E-state index >= 15 is 0 Å². The third-order valence-electron chi connectivity index (χ3n) is 13.6. The molecule has 5 aliphatic rings. The Morgan fingerprint density at radius 3 is 1.96 bits per heavy atom. The largest absolute Gasteiger partial charge is 0.310 e. The van der Waals surface area contributed by atoms with Crippen molar-refractivity contribution < 1.29 is 0 Å². The Labute approximate surface area is 309 Å². The first-order valence-corrected chi connectivity index (χ1v) is 20.1. The van der Waals surface area contributed by atoms with Crippen LogP contribution in [0, 0.1) is 23.7 Å². The van der Waals surface area contributed by atoms with Crippen LogP contribution in [0.15, 0.2) is 152 Å². The van der Waals surface area contributed by atoms with Crippen LogP contribution >= 0.6 is 11.3 Å². The monoisotopic (exact) mass is 685 g/mol. The van der Waals surface area contributed by atoms with E-state index in [9.17, 15) is 0 Å². The molecule has 0 saturated heterocycles. The Balaban J connectivity index is 0.991. The highest BCUT2D eigenvalue weighted by Gasteiger charge is 2.61. The second-order valence-electron chi connectivity index (χ2n) is 16.1. The molecule has 0 atom stereocenters. The molecule has 1 heterocycles. The van der Waals surface area contributed by atoms with Gasteiger partial charge in [0.25, 0.3) is 0 Å². The molecule has 52 heavy (non-hydrogen) atoms. The van der Waals surface area contributed by atoms with Crippen molar-refractivity contribution in [3.63, 3.8) is 0 Å². The summed E-state index contributed by atoms with van der Waals surface area (Å²) in [7, 11) is 0. The molecule has 7 aromatic carbocycles. The first-order valence-electron chi connectivity index (χ1n) is 19.3. The summed E-state index contributed by atoms with van der Waals surface area (Å²) in [6.07, 6.45) is 7.14. The lowest BCUT2D eigenvalue weighted by Crippen LogP contribution is -2.55. The maximum Gasteiger partial charge on any atom is 0.0540 e. The highest BCUT2D eigenvalue weighted by atomic mass is 32.1. The van der Waals surface area contributed by atoms with Gasteiger partial charge in [0.05, 0.1) is 5.69 Å². The Morgan fingerprint density at radius 2 is 1.12 bits per heavy atom. The van der Waals surface area contributed by atoms with E-state index in [1.807, 2.05) is 11.3 Å². The summed E-state index contributed by atoms with van der Waals surface area (Å²) in [5.41, 5.74) is 12.6. The second kappa shape index (κ2) is 10.9. The van der Waals surface area contributed by atoms with Gasteiger partial charge in [0, 0.05) is 42.3 Å². The van der Waals surface area contributed by atoms with E-state index in [0.29, 0.717) is 0 Å². The molecule has 13 rings (SSSR count). The van der Waals surface area contributed by atoms with E-state index in [4.69, 9.17) is 0 Å². The number of hydrogen-bond acceptors (Lipinski definition) is 2. The molecule has 0 aliphatic heterocycles. The van der Waals surface area contributed by atoms with Crippen LogP contribution in [0.25, 0.3) is 53.2 Å². The van der Waals surface area contributed by atoms with Crippen LogP contribution < -0.4 is 4.90 Å². The Hall–Kier alpha value is -5.18. The first-order chi connectivity index (χ1) is 25.7. The average molecular weight is 686 g/mol. The number of hydrogen-bond donors (Lipinski definition) is 0. The summed E-state index contributed by atoms with van der Waals surface area (Å²) in [5, 5.41) is 5.15. The molecule has 5 aliphatic carbocycles. The normalized spacial score (nSPS) is 23.8. The SMILES string of the molecule is c1ccc2c(c1)-c1ccc(-c3ccc(N(c4ccc5sc6ccccc6c5c4)c4cccc5ccccc45)cc3)cc1C21C2CC3CC(C2)CC1C3. The van der Waals surface area contributed by atoms with Gasteiger partial charge in [0.2, 0.25) is 0 Å². The van der Waals surface area contributed by atoms with Gasteiger partial charge in [0.1, 0.15) is 0 Å². The fraction of sp³-hybridized carbons (Fsp3) is 0.200. The predicted octanol–water partition coefficient (Wildman–Crippen LogP) is 14.1. The fourth-order valence-corrected chi connectivity index (χ4v) is 12.9. The van der Waals surface area contributed by atoms with Crippen molar-refractivity contribution in [1.82, 2.24) is 0 Å². The Bertz CT molecular complexity index is 2680. The molecule has 4 fully saturated rings. The van der Waals surface area contributed by atoms with Crippen LogP contribution in [0.2, 0.25) is 0 Å². The summed E-state index contributed by atoms with van der Waals surface area (Å²) in [6, 6.07) is 57.6. The lowest BCUT2D eigenvalue weighted by molar-refractivity contribution is -0.0399. The van der Waals surface area contributed by atoms with E-state index in [1.54, 1.807) is 11.1 Å². The summed E-state index contributed by atoms with van der Waals surface area (Å²) in [5.74, 6) is 3.44. The van der Waals surface area contributed by atoms with Crippen molar-refractivity contribution in [2.45, 2.75) is 37.5 Å². The fourth-order valence-electron chi connectivity index (χ4n) is 11.8. The molecular weight excluding hydrogens is 647 g/mol. The average Bonchev–Trinajstić information content (AvgIpc) is 3.70. The van der Waals surface area contributed by atoms with Crippen LogP contribution in [0.3, 0.4) is 0 Å². The maximum absolute atomic E-state index is 2.62. The molecule has 250 valence electrons. The minimum absolute atomic E-state index is 0.185. The third kappa shape index (κ3) is 4.05. The number of thiophene rings is 1. The van der Waals surface area contributed by atoms with Crippen molar-refractivity contribution in [2.75, 3.05) is 4.90 Å². The molecule has 8 aromatic rings. The molecule has 4 saturated carbocycles. The number of benzene rings is 7. The standard InChI is InChI=1S/C50H39NS/c1-2-10-40-34(8-1)9-7-14-47(40)51(39-21-23-49-44(30-39)43-12-4-6-15-48(43)52-49)38-19-16-33(17-20-38)35-18-22-42-41-11-3-5-13-45(41)50(46(42)29-35)36-25-31-24-32(27-36)28-37(50)26-31/h1-23,29-32,36-37H,24-28H2. The van der Waals surface area contributed by atoms with Gasteiger partial charge in [-0.1, -0.05) is 103 Å². The number of rotatable bonds is 4. The van der Waals surface area contributed by atoms with Crippen molar-refractivity contribution in [3.8, 4) is 22.3 Å². The van der Waals surface area contributed by atoms with E-state index in [-0.39, 0.29) is 5.41 Å². The Kier molecular flexibility index (Phi) is 6.17. The van der Waals surface area contributed by atoms with Crippen molar-refractivity contribution in [2.24, 2.45) is 23.7 Å². The van der Waals surface area contributed by atoms with Crippen LogP contribution in [-0.4, -0.2) is 0 Å². The van der Waals surface area contributed by atoms with Gasteiger partial charge in [-0.05, 0) is 143 Å². The molecule has 1 nitrogen and oxygen atoms in total. The highest BCUT2D eigenvalue weighted by molar-refractivity contribution is 7.25. The van der Waals surface area contributed by atoms with Crippen molar-refractivity contribution >= 4 is 59.3 Å². The van der Waals surface area contributed by atoms with E-state index in [2.05, 4.69) is 157 Å². The highest BCUT2D eigenvalue weighted by Crippen LogP contribution is 2.69. The predicted molar refractivity (Wildman–Crippen MR) is 220 cm³/mol. The number of anilines is 3. The molecular formula is C50H39NS. The van der Waals surface area contributed by atoms with Gasteiger partial charge in [-0.15, -0.1) is 11.3 Å². The van der Waals surface area contributed by atoms with Gasteiger partial charge in [-0.2, -0.15) is 0 Å². The Morgan fingerprint density at radius 1 is 0.462 bits per heavy atom. The summed E-state index contributed by atoms with van der Waals surface area (Å²) >= 11 is 1.88. The van der Waals surface area contributed by atoms with Crippen molar-refractivity contribution in [1.29, 1.82) is 0 Å². The smallest absolute Gasteiger partial charge is 0.0540 e. The van der Waals surface area contributed by atoms with Gasteiger partial charge in [-0.3, -0.25) is 0 Å². The van der Waals surface area contributed by atoms with E-state index < -0.39 is 0 Å². The first kappa shape index (κ1) is 29.4. The summed E-state index contributed by atoms with van der Waals surface area (Å²) in [4.78, 5) is 2.46. The minimum Gasteiger partial charge on any atom is -0.310 e. The molecule has 0 N–H and O–H groups in total. The molecule has 2 heteroatoms. The zero-order chi connectivity index (χ0) is 34.0. The molecule has 0 amide bonds. The van der Waals surface area contributed by atoms with Gasteiger partial charge < -0.3 is 4.90 Å². The lowest BCUT2D eigenvalue weighted by atomic mass is 9.43. The topological polar surface area (TPSA) is 3.24 Å². The van der Waals surface area contributed by atoms with Crippen LogP contribution in [-0.2, 0) is 5.41 Å². The van der Waals surface area contributed by atoms with Crippen molar-refractivity contribution in [3.05, 3.63) is 163 Å². The molecule has 4 bridgehead atoms. The van der Waals surface area contributed by atoms with Crippen LogP contribution in [0.1, 0.15) is 43.2 Å². The minimum atomic E-state index is 0.185. The number of nitrogens with zero attached hydrogens (tertiary/aromatic N) is 1. The summed E-state index contributed by atoms with van der Waals surface area (Å²) in [6.45, 7) is 0. The molecule has 1 spiro atoms. The van der Waals surface area contributed by atoms with Gasteiger partial charge >= 0.3 is 0 Å². The van der Waals surface area contributed by atoms with Gasteiger partial charge in [0.15, 0.2) is 0 Å². The summed E-state index contributed by atoms with van der Waals surface area (Å²) < 4.78 is 2.66.